The number of carbonyl (C=O) groups is 1. The lowest BCUT2D eigenvalue weighted by Crippen LogP contribution is -2.16. The third kappa shape index (κ3) is 13.8. The van der Waals surface area contributed by atoms with Gasteiger partial charge in [-0.05, 0) is 55.3 Å². The van der Waals surface area contributed by atoms with Crippen molar-refractivity contribution in [3.63, 3.8) is 0 Å². The van der Waals surface area contributed by atoms with Crippen LogP contribution in [0.2, 0.25) is 0 Å². The summed E-state index contributed by atoms with van der Waals surface area (Å²) in [5.41, 5.74) is 0. The molecule has 3 N–H and O–H groups in total. The van der Waals surface area contributed by atoms with Crippen molar-refractivity contribution in [1.82, 2.24) is 0 Å². The van der Waals surface area contributed by atoms with E-state index in [9.17, 15) is 24.5 Å². The van der Waals surface area contributed by atoms with E-state index in [1.54, 1.807) is 18.2 Å². The van der Waals surface area contributed by atoms with Crippen molar-refractivity contribution < 1.29 is 34.0 Å². The van der Waals surface area contributed by atoms with E-state index in [1.807, 2.05) is 0 Å². The average Bonchev–Trinajstić information content (AvgIpc) is 2.74. The number of aliphatic hydroxyl groups excluding tert-OH is 3. The summed E-state index contributed by atoms with van der Waals surface area (Å²) in [6.07, 6.45) is 8.32. The Morgan fingerprint density at radius 3 is 2.48 bits per heavy atom. The highest BCUT2D eigenvalue weighted by molar-refractivity contribution is 5.68. The van der Waals surface area contributed by atoms with Gasteiger partial charge in [-0.3, -0.25) is 4.79 Å². The van der Waals surface area contributed by atoms with Crippen LogP contribution in [0, 0.1) is 17.7 Å². The zero-order valence-corrected chi connectivity index (χ0v) is 17.5. The van der Waals surface area contributed by atoms with Crippen LogP contribution in [-0.4, -0.2) is 53.3 Å². The molecule has 0 aliphatic rings. The molecule has 0 aromatic heterocycles. The highest BCUT2D eigenvalue weighted by atomic mass is 19.1. The zero-order chi connectivity index (χ0) is 22.9. The molecule has 0 fully saturated rings. The minimum atomic E-state index is -0.850. The molecular formula is C24H29FO6. The van der Waals surface area contributed by atoms with Crippen molar-refractivity contribution >= 4 is 5.97 Å². The molecule has 0 saturated carbocycles. The summed E-state index contributed by atoms with van der Waals surface area (Å²) in [5.74, 6) is 5.25. The normalized spacial score (nSPS) is 14.4. The van der Waals surface area contributed by atoms with Crippen LogP contribution in [0.1, 0.15) is 25.7 Å². The molecule has 31 heavy (non-hydrogen) atoms. The van der Waals surface area contributed by atoms with Crippen molar-refractivity contribution in [1.29, 1.82) is 0 Å². The van der Waals surface area contributed by atoms with Gasteiger partial charge in [0.2, 0.25) is 0 Å². The number of carbonyl (C=O) groups excluding carboxylic acids is 1. The van der Waals surface area contributed by atoms with Crippen molar-refractivity contribution in [3.8, 4) is 17.6 Å². The largest absolute Gasteiger partial charge is 0.491 e. The third-order valence-corrected chi connectivity index (χ3v) is 4.00. The van der Waals surface area contributed by atoms with Gasteiger partial charge in [-0.15, -0.1) is 0 Å². The number of methoxy groups -OCH3 is 1. The quantitative estimate of drug-likeness (QED) is 0.267. The summed E-state index contributed by atoms with van der Waals surface area (Å²) in [7, 11) is 1.32. The molecule has 1 aromatic carbocycles. The van der Waals surface area contributed by atoms with Crippen LogP contribution in [0.5, 0.6) is 5.75 Å². The molecule has 0 aliphatic heterocycles. The predicted octanol–water partition coefficient (Wildman–Crippen LogP) is 2.69. The number of aliphatic hydroxyl groups is 3. The third-order valence-electron chi connectivity index (χ3n) is 4.00. The van der Waals surface area contributed by atoms with E-state index >= 15 is 0 Å². The average molecular weight is 432 g/mol. The van der Waals surface area contributed by atoms with Gasteiger partial charge in [0.05, 0.1) is 19.3 Å². The van der Waals surface area contributed by atoms with Gasteiger partial charge in [-0.1, -0.05) is 30.1 Å². The van der Waals surface area contributed by atoms with Crippen molar-refractivity contribution in [2.45, 2.75) is 44.0 Å². The molecular weight excluding hydrogens is 403 g/mol. The number of esters is 1. The van der Waals surface area contributed by atoms with Crippen LogP contribution in [0.15, 0.2) is 60.7 Å². The van der Waals surface area contributed by atoms with Gasteiger partial charge >= 0.3 is 5.97 Å². The van der Waals surface area contributed by atoms with Crippen LogP contribution in [0.3, 0.4) is 0 Å². The lowest BCUT2D eigenvalue weighted by Gasteiger charge is -2.12. The number of hydrogen-bond donors (Lipinski definition) is 3. The molecule has 0 spiro atoms. The Balaban J connectivity index is 2.22. The number of hydrogen-bond acceptors (Lipinski definition) is 6. The van der Waals surface area contributed by atoms with Crippen molar-refractivity contribution in [2.24, 2.45) is 0 Å². The lowest BCUT2D eigenvalue weighted by atomic mass is 10.1. The standard InChI is InChI=1S/C24H29FO6/c1-30-24(29)12-8-11-21(27)17-20(26)9-6-4-2-3-5-7-10-22(28)18-31-23-15-13-19(25)14-16-23/h2,4,6-7,9-10,13-16,20-22,26-28H,8,11-12,17-18H2,1H3/b4-2+,9-6+,10-7+/t20-,21+,22+/m1/s1. The Morgan fingerprint density at radius 2 is 1.77 bits per heavy atom. The molecule has 0 heterocycles. The molecule has 3 atom stereocenters. The first-order valence-corrected chi connectivity index (χ1v) is 9.91. The van der Waals surface area contributed by atoms with Crippen LogP contribution < -0.4 is 4.74 Å². The molecule has 7 heteroatoms. The first-order valence-electron chi connectivity index (χ1n) is 9.91. The fourth-order valence-electron chi connectivity index (χ4n) is 2.38. The fourth-order valence-corrected chi connectivity index (χ4v) is 2.38. The molecule has 1 aromatic rings. The molecule has 168 valence electrons. The zero-order valence-electron chi connectivity index (χ0n) is 17.5. The SMILES string of the molecule is COC(=O)CCC[C@H](O)C[C@H](O)/C=C/C=C/C#C/C=C/[C@H](O)COc1ccc(F)cc1. The van der Waals surface area contributed by atoms with Crippen LogP contribution in [0.25, 0.3) is 0 Å². The summed E-state index contributed by atoms with van der Waals surface area (Å²) in [6, 6.07) is 5.51. The summed E-state index contributed by atoms with van der Waals surface area (Å²) in [5, 5.41) is 29.4. The number of rotatable bonds is 12. The van der Waals surface area contributed by atoms with E-state index < -0.39 is 18.3 Å². The molecule has 0 unspecified atom stereocenters. The minimum Gasteiger partial charge on any atom is -0.491 e. The van der Waals surface area contributed by atoms with Gasteiger partial charge in [0.15, 0.2) is 0 Å². The monoisotopic (exact) mass is 432 g/mol. The van der Waals surface area contributed by atoms with Gasteiger partial charge in [-0.2, -0.15) is 0 Å². The topological polar surface area (TPSA) is 96.2 Å². The number of halogens is 1. The number of benzene rings is 1. The van der Waals surface area contributed by atoms with E-state index in [0.29, 0.717) is 18.6 Å². The van der Waals surface area contributed by atoms with Gasteiger partial charge in [0.25, 0.3) is 0 Å². The smallest absolute Gasteiger partial charge is 0.305 e. The number of ether oxygens (including phenoxy) is 2. The van der Waals surface area contributed by atoms with Crippen molar-refractivity contribution in [3.05, 3.63) is 66.5 Å². The molecule has 1 rings (SSSR count). The Labute approximate surface area is 182 Å². The summed E-state index contributed by atoms with van der Waals surface area (Å²) in [4.78, 5) is 11.0. The second-order valence-electron chi connectivity index (χ2n) is 6.65. The van der Waals surface area contributed by atoms with Gasteiger partial charge in [0, 0.05) is 12.8 Å². The molecule has 6 nitrogen and oxygen atoms in total. The van der Waals surface area contributed by atoms with Gasteiger partial charge < -0.3 is 24.8 Å². The summed E-state index contributed by atoms with van der Waals surface area (Å²) < 4.78 is 22.6. The predicted molar refractivity (Wildman–Crippen MR) is 116 cm³/mol. The lowest BCUT2D eigenvalue weighted by molar-refractivity contribution is -0.140. The minimum absolute atomic E-state index is 0.0226. The van der Waals surface area contributed by atoms with Crippen LogP contribution >= 0.6 is 0 Å². The Morgan fingerprint density at radius 1 is 1.06 bits per heavy atom. The molecule has 0 amide bonds. The molecule has 0 saturated heterocycles. The van der Waals surface area contributed by atoms with E-state index in [1.165, 1.54) is 49.6 Å². The number of allylic oxidation sites excluding steroid dienone is 4. The van der Waals surface area contributed by atoms with E-state index in [0.717, 1.165) is 0 Å². The summed E-state index contributed by atoms with van der Waals surface area (Å²) >= 11 is 0. The fraction of sp³-hybridized carbons (Fsp3) is 0.375. The van der Waals surface area contributed by atoms with Crippen LogP contribution in [0.4, 0.5) is 4.39 Å². The maximum atomic E-state index is 12.8. The first-order chi connectivity index (χ1) is 14.9. The maximum Gasteiger partial charge on any atom is 0.305 e. The van der Waals surface area contributed by atoms with E-state index in [2.05, 4.69) is 16.6 Å². The van der Waals surface area contributed by atoms with Crippen molar-refractivity contribution in [2.75, 3.05) is 13.7 Å². The molecule has 0 radical (unpaired) electrons. The second kappa shape index (κ2) is 15.9. The second-order valence-corrected chi connectivity index (χ2v) is 6.65. The highest BCUT2D eigenvalue weighted by Crippen LogP contribution is 2.11. The molecule has 0 bridgehead atoms. The summed E-state index contributed by atoms with van der Waals surface area (Å²) in [6.45, 7) is 0.0226. The Bertz CT molecular complexity index is 789. The van der Waals surface area contributed by atoms with E-state index in [-0.39, 0.29) is 31.2 Å². The first kappa shape index (κ1) is 26.1. The van der Waals surface area contributed by atoms with Gasteiger partial charge in [0.1, 0.15) is 24.3 Å². The maximum absolute atomic E-state index is 12.8. The van der Waals surface area contributed by atoms with Crippen LogP contribution in [-0.2, 0) is 9.53 Å². The van der Waals surface area contributed by atoms with E-state index in [4.69, 9.17) is 4.74 Å². The Hall–Kier alpha value is -2.92. The highest BCUT2D eigenvalue weighted by Gasteiger charge is 2.10. The Kier molecular flexibility index (Phi) is 13.4. The van der Waals surface area contributed by atoms with Gasteiger partial charge in [-0.25, -0.2) is 4.39 Å². The molecule has 0 aliphatic carbocycles.